The first-order chi connectivity index (χ1) is 15.4. The van der Waals surface area contributed by atoms with Crippen molar-refractivity contribution >= 4 is 23.3 Å². The van der Waals surface area contributed by atoms with E-state index in [0.29, 0.717) is 29.3 Å². The SMILES string of the molecule is CN1CC[C@H](c2ccc(Nc3cc(-c4c(F)cccc4F)nc4c3C(=O)NC4)nc2)C1=O. The van der Waals surface area contributed by atoms with Gasteiger partial charge in [-0.3, -0.25) is 9.59 Å². The molecule has 32 heavy (non-hydrogen) atoms. The number of hydrogen-bond donors (Lipinski definition) is 2. The van der Waals surface area contributed by atoms with Crippen LogP contribution in [0.5, 0.6) is 0 Å². The van der Waals surface area contributed by atoms with Crippen LogP contribution in [0.1, 0.15) is 34.0 Å². The van der Waals surface area contributed by atoms with Crippen LogP contribution in [0.2, 0.25) is 0 Å². The van der Waals surface area contributed by atoms with Crippen molar-refractivity contribution in [2.24, 2.45) is 0 Å². The van der Waals surface area contributed by atoms with Crippen molar-refractivity contribution in [1.29, 1.82) is 0 Å². The normalized spacial score (nSPS) is 17.5. The minimum atomic E-state index is -0.741. The van der Waals surface area contributed by atoms with Gasteiger partial charge in [0.05, 0.1) is 40.7 Å². The Morgan fingerprint density at radius 1 is 1.12 bits per heavy atom. The van der Waals surface area contributed by atoms with Gasteiger partial charge in [0.15, 0.2) is 0 Å². The fraction of sp³-hybridized carbons (Fsp3) is 0.217. The molecule has 1 fully saturated rings. The van der Waals surface area contributed by atoms with Crippen LogP contribution in [-0.2, 0) is 11.3 Å². The zero-order chi connectivity index (χ0) is 22.4. The first kappa shape index (κ1) is 20.0. The zero-order valence-corrected chi connectivity index (χ0v) is 17.2. The Hall–Kier alpha value is -3.88. The van der Waals surface area contributed by atoms with Gasteiger partial charge in [-0.25, -0.2) is 18.7 Å². The van der Waals surface area contributed by atoms with Crippen molar-refractivity contribution in [3.05, 3.63) is 71.1 Å². The molecular weight excluding hydrogens is 416 g/mol. The Balaban J connectivity index is 1.50. The monoisotopic (exact) mass is 435 g/mol. The van der Waals surface area contributed by atoms with Crippen LogP contribution >= 0.6 is 0 Å². The number of rotatable bonds is 4. The van der Waals surface area contributed by atoms with E-state index in [1.807, 2.05) is 6.07 Å². The average Bonchev–Trinajstić information content (AvgIpc) is 3.31. The van der Waals surface area contributed by atoms with Crippen molar-refractivity contribution in [2.45, 2.75) is 18.9 Å². The van der Waals surface area contributed by atoms with Crippen LogP contribution < -0.4 is 10.6 Å². The highest BCUT2D eigenvalue weighted by atomic mass is 19.1. The van der Waals surface area contributed by atoms with E-state index in [0.717, 1.165) is 24.1 Å². The lowest BCUT2D eigenvalue weighted by atomic mass is 10.00. The number of aromatic nitrogens is 2. The molecule has 2 aliphatic heterocycles. The minimum absolute atomic E-state index is 0.0627. The summed E-state index contributed by atoms with van der Waals surface area (Å²) in [6.45, 7) is 0.869. The lowest BCUT2D eigenvalue weighted by Crippen LogP contribution is -2.21. The highest BCUT2D eigenvalue weighted by Gasteiger charge is 2.31. The van der Waals surface area contributed by atoms with Gasteiger partial charge in [0, 0.05) is 19.8 Å². The number of benzene rings is 1. The molecule has 2 aliphatic rings. The molecule has 0 spiro atoms. The third-order valence-electron chi connectivity index (χ3n) is 5.84. The van der Waals surface area contributed by atoms with Crippen molar-refractivity contribution in [1.82, 2.24) is 20.2 Å². The Kier molecular flexibility index (Phi) is 4.80. The molecule has 0 aliphatic carbocycles. The van der Waals surface area contributed by atoms with Crippen LogP contribution in [0.25, 0.3) is 11.3 Å². The molecule has 162 valence electrons. The number of halogens is 2. The first-order valence-corrected chi connectivity index (χ1v) is 10.2. The summed E-state index contributed by atoms with van der Waals surface area (Å²) in [4.78, 5) is 35.0. The average molecular weight is 435 g/mol. The van der Waals surface area contributed by atoms with Gasteiger partial charge in [-0.05, 0) is 36.2 Å². The van der Waals surface area contributed by atoms with Gasteiger partial charge < -0.3 is 15.5 Å². The van der Waals surface area contributed by atoms with E-state index in [9.17, 15) is 18.4 Å². The quantitative estimate of drug-likeness (QED) is 0.656. The molecule has 1 saturated heterocycles. The highest BCUT2D eigenvalue weighted by Crippen LogP contribution is 2.33. The third-order valence-corrected chi connectivity index (χ3v) is 5.84. The summed E-state index contributed by atoms with van der Waals surface area (Å²) in [6, 6.07) is 8.57. The molecule has 1 atom stereocenters. The summed E-state index contributed by atoms with van der Waals surface area (Å²) in [5, 5.41) is 5.75. The lowest BCUT2D eigenvalue weighted by molar-refractivity contribution is -0.127. The smallest absolute Gasteiger partial charge is 0.255 e. The minimum Gasteiger partial charge on any atom is -0.346 e. The van der Waals surface area contributed by atoms with E-state index in [1.165, 1.54) is 12.1 Å². The number of amides is 2. The number of likely N-dealkylation sites (tertiary alicyclic amines) is 1. The maximum atomic E-state index is 14.3. The summed E-state index contributed by atoms with van der Waals surface area (Å²) >= 11 is 0. The molecule has 9 heteroatoms. The fourth-order valence-corrected chi connectivity index (χ4v) is 4.16. The number of nitrogens with zero attached hydrogens (tertiary/aromatic N) is 3. The molecule has 2 amide bonds. The lowest BCUT2D eigenvalue weighted by Gasteiger charge is -2.14. The van der Waals surface area contributed by atoms with Crippen molar-refractivity contribution in [3.63, 3.8) is 0 Å². The van der Waals surface area contributed by atoms with E-state index >= 15 is 0 Å². The molecule has 2 aromatic heterocycles. The molecule has 1 aromatic carbocycles. The van der Waals surface area contributed by atoms with E-state index in [1.54, 1.807) is 24.2 Å². The first-order valence-electron chi connectivity index (χ1n) is 10.2. The number of hydrogen-bond acceptors (Lipinski definition) is 5. The fourth-order valence-electron chi connectivity index (χ4n) is 4.16. The molecule has 3 aromatic rings. The van der Waals surface area contributed by atoms with Gasteiger partial charge in [-0.15, -0.1) is 0 Å². The highest BCUT2D eigenvalue weighted by molar-refractivity contribution is 6.04. The standard InChI is InChI=1S/C23H19F2N5O2/c1-30-8-7-13(23(30)32)12-5-6-19(26-10-12)29-17-9-16(20-14(24)3-2-4-15(20)25)28-18-11-27-22(31)21(17)18/h2-6,9-10,13H,7-8,11H2,1H3,(H,27,31)(H,26,28,29)/t13-/m1/s1. The number of carbonyl (C=O) groups excluding carboxylic acids is 2. The van der Waals surface area contributed by atoms with Gasteiger partial charge >= 0.3 is 0 Å². The van der Waals surface area contributed by atoms with Gasteiger partial charge in [0.25, 0.3) is 5.91 Å². The largest absolute Gasteiger partial charge is 0.346 e. The van der Waals surface area contributed by atoms with Gasteiger partial charge in [0.2, 0.25) is 5.91 Å². The Bertz CT molecular complexity index is 1230. The van der Waals surface area contributed by atoms with Crippen molar-refractivity contribution in [3.8, 4) is 11.3 Å². The van der Waals surface area contributed by atoms with Gasteiger partial charge in [-0.2, -0.15) is 0 Å². The topological polar surface area (TPSA) is 87.2 Å². The summed E-state index contributed by atoms with van der Waals surface area (Å²) in [5.41, 5.74) is 1.69. The number of likely N-dealkylation sites (N-methyl/N-ethyl adjacent to an activating group) is 1. The van der Waals surface area contributed by atoms with E-state index < -0.39 is 11.6 Å². The van der Waals surface area contributed by atoms with Gasteiger partial charge in [-0.1, -0.05) is 12.1 Å². The van der Waals surface area contributed by atoms with Crippen LogP contribution in [0.15, 0.2) is 42.6 Å². The van der Waals surface area contributed by atoms with Crippen molar-refractivity contribution < 1.29 is 18.4 Å². The summed E-state index contributed by atoms with van der Waals surface area (Å²) in [6.07, 6.45) is 2.36. The molecule has 4 heterocycles. The molecular formula is C23H19F2N5O2. The Labute approximate surface area is 182 Å². The number of fused-ring (bicyclic) bond motifs is 1. The maximum absolute atomic E-state index is 14.3. The summed E-state index contributed by atoms with van der Waals surface area (Å²) < 4.78 is 28.7. The predicted octanol–water partition coefficient (Wildman–Crippen LogP) is 3.35. The molecule has 0 bridgehead atoms. The Morgan fingerprint density at radius 2 is 1.91 bits per heavy atom. The number of carbonyl (C=O) groups is 2. The number of anilines is 2. The molecule has 5 rings (SSSR count). The third kappa shape index (κ3) is 3.35. The molecule has 0 unspecified atom stereocenters. The number of pyridine rings is 2. The van der Waals surface area contributed by atoms with E-state index in [-0.39, 0.29) is 35.5 Å². The zero-order valence-electron chi connectivity index (χ0n) is 17.2. The van der Waals surface area contributed by atoms with Crippen LogP contribution in [0.4, 0.5) is 20.3 Å². The van der Waals surface area contributed by atoms with Crippen LogP contribution in [0, 0.1) is 11.6 Å². The van der Waals surface area contributed by atoms with Crippen LogP contribution in [-0.4, -0.2) is 40.3 Å². The van der Waals surface area contributed by atoms with E-state index in [4.69, 9.17) is 0 Å². The molecule has 7 nitrogen and oxygen atoms in total. The number of nitrogens with one attached hydrogen (secondary N) is 2. The predicted molar refractivity (Wildman–Crippen MR) is 113 cm³/mol. The molecule has 2 N–H and O–H groups in total. The van der Waals surface area contributed by atoms with Gasteiger partial charge in [0.1, 0.15) is 17.5 Å². The second-order valence-corrected chi connectivity index (χ2v) is 7.86. The molecule has 0 radical (unpaired) electrons. The maximum Gasteiger partial charge on any atom is 0.255 e. The van der Waals surface area contributed by atoms with E-state index in [2.05, 4.69) is 20.6 Å². The van der Waals surface area contributed by atoms with Crippen LogP contribution in [0.3, 0.4) is 0 Å². The summed E-state index contributed by atoms with van der Waals surface area (Å²) in [5.74, 6) is -1.53. The second kappa shape index (κ2) is 7.67. The second-order valence-electron chi connectivity index (χ2n) is 7.86. The summed E-state index contributed by atoms with van der Waals surface area (Å²) in [7, 11) is 1.77. The Morgan fingerprint density at radius 3 is 2.56 bits per heavy atom. The molecule has 0 saturated carbocycles. The van der Waals surface area contributed by atoms with Crippen molar-refractivity contribution in [2.75, 3.05) is 18.9 Å².